The fourth-order valence-corrected chi connectivity index (χ4v) is 4.36. The van der Waals surface area contributed by atoms with Gasteiger partial charge in [-0.1, -0.05) is 6.08 Å². The minimum Gasteiger partial charge on any atom is -0.323 e. The Morgan fingerprint density at radius 2 is 2.27 bits per heavy atom. The van der Waals surface area contributed by atoms with Crippen molar-refractivity contribution in [2.45, 2.75) is 13.0 Å². The number of nitrogens with zero attached hydrogens (tertiary/aromatic N) is 6. The zero-order chi connectivity index (χ0) is 17.7. The molecule has 0 fully saturated rings. The summed E-state index contributed by atoms with van der Waals surface area (Å²) in [5, 5.41) is 12.9. The van der Waals surface area contributed by atoms with Crippen molar-refractivity contribution in [3.05, 3.63) is 51.7 Å². The van der Waals surface area contributed by atoms with E-state index >= 15 is 0 Å². The molecule has 0 saturated heterocycles. The molecular formula is C17H15N7OS. The summed E-state index contributed by atoms with van der Waals surface area (Å²) in [7, 11) is 1.88. The third-order valence-electron chi connectivity index (χ3n) is 4.50. The number of aliphatic imine (C=N–C) groups is 1. The monoisotopic (exact) mass is 365 g/mol. The number of thiazole rings is 1. The van der Waals surface area contributed by atoms with Crippen LogP contribution in [0.5, 0.6) is 0 Å². The number of hydrogen-bond donors (Lipinski definition) is 1. The number of allylic oxidation sites excluding steroid dienone is 1. The van der Waals surface area contributed by atoms with Crippen LogP contribution in [-0.2, 0) is 20.0 Å². The van der Waals surface area contributed by atoms with Gasteiger partial charge in [-0.2, -0.15) is 10.2 Å². The van der Waals surface area contributed by atoms with Crippen molar-refractivity contribution in [3.8, 4) is 0 Å². The molecule has 5 heterocycles. The minimum absolute atomic E-state index is 0.124. The van der Waals surface area contributed by atoms with E-state index in [0.29, 0.717) is 12.1 Å². The molecule has 0 atom stereocenters. The van der Waals surface area contributed by atoms with Crippen molar-refractivity contribution in [1.29, 1.82) is 0 Å². The Bertz CT molecular complexity index is 1240. The average molecular weight is 365 g/mol. The Kier molecular flexibility index (Phi) is 3.35. The average Bonchev–Trinajstić information content (AvgIpc) is 3.39. The summed E-state index contributed by atoms with van der Waals surface area (Å²) in [6.07, 6.45) is 10.0. The molecule has 1 aliphatic heterocycles. The van der Waals surface area contributed by atoms with Gasteiger partial charge < -0.3 is 4.57 Å². The number of hydrogen-bond acceptors (Lipinski definition) is 6. The van der Waals surface area contributed by atoms with Crippen molar-refractivity contribution in [1.82, 2.24) is 29.5 Å². The number of nitrogens with one attached hydrogen (secondary N) is 1. The smallest absolute Gasteiger partial charge is 0.291 e. The molecule has 4 aromatic rings. The molecule has 5 rings (SSSR count). The first-order valence-corrected chi connectivity index (χ1v) is 9.04. The van der Waals surface area contributed by atoms with Crippen LogP contribution in [0.3, 0.4) is 0 Å². The van der Waals surface area contributed by atoms with Gasteiger partial charge in [0.1, 0.15) is 10.5 Å². The fraction of sp³-hybridized carbons (Fsp3) is 0.235. The standard InChI is InChI=1S/C17H15N7OS/c1-23-14-12(8-21-24(17(14)25)9-10-6-19-20-7-10)15-16(23)22-13(26-15)5-11-3-2-4-18-11/h2-3,6-8H,4-5,9H2,1H3,(H,19,20). The van der Waals surface area contributed by atoms with Crippen LogP contribution >= 0.6 is 11.3 Å². The summed E-state index contributed by atoms with van der Waals surface area (Å²) < 4.78 is 4.32. The van der Waals surface area contributed by atoms with E-state index in [1.54, 1.807) is 29.9 Å². The molecule has 0 amide bonds. The van der Waals surface area contributed by atoms with Crippen LogP contribution in [-0.4, -0.2) is 41.8 Å². The molecule has 1 aliphatic rings. The largest absolute Gasteiger partial charge is 0.323 e. The summed E-state index contributed by atoms with van der Waals surface area (Å²) in [4.78, 5) is 22.1. The molecule has 130 valence electrons. The normalized spacial score (nSPS) is 14.0. The lowest BCUT2D eigenvalue weighted by molar-refractivity contribution is 0.644. The fourth-order valence-electron chi connectivity index (χ4n) is 3.24. The molecular weight excluding hydrogens is 350 g/mol. The Morgan fingerprint density at radius 1 is 1.35 bits per heavy atom. The zero-order valence-corrected chi connectivity index (χ0v) is 14.8. The molecule has 4 aromatic heterocycles. The molecule has 0 aliphatic carbocycles. The van der Waals surface area contributed by atoms with Gasteiger partial charge in [-0.05, 0) is 6.08 Å². The number of rotatable bonds is 4. The van der Waals surface area contributed by atoms with Gasteiger partial charge in [-0.15, -0.1) is 11.3 Å². The third-order valence-corrected chi connectivity index (χ3v) is 5.58. The van der Waals surface area contributed by atoms with Crippen molar-refractivity contribution in [2.24, 2.45) is 12.0 Å². The Morgan fingerprint density at radius 3 is 3.04 bits per heavy atom. The maximum atomic E-state index is 12.9. The first kappa shape index (κ1) is 15.2. The number of aromatic amines is 1. The highest BCUT2D eigenvalue weighted by Gasteiger charge is 2.19. The second-order valence-corrected chi connectivity index (χ2v) is 7.29. The lowest BCUT2D eigenvalue weighted by atomic mass is 10.3. The van der Waals surface area contributed by atoms with Gasteiger partial charge in [0.05, 0.1) is 30.2 Å². The topological polar surface area (TPSA) is 93.8 Å². The van der Waals surface area contributed by atoms with E-state index < -0.39 is 0 Å². The van der Waals surface area contributed by atoms with Crippen LogP contribution in [0.4, 0.5) is 0 Å². The summed E-state index contributed by atoms with van der Waals surface area (Å²) in [6.45, 7) is 1.14. The Hall–Kier alpha value is -3.07. The first-order chi connectivity index (χ1) is 12.7. The second-order valence-electron chi connectivity index (χ2n) is 6.21. The molecule has 0 bridgehead atoms. The summed E-state index contributed by atoms with van der Waals surface area (Å²) in [5.74, 6) is 0. The van der Waals surface area contributed by atoms with E-state index in [1.165, 1.54) is 4.68 Å². The molecule has 9 heteroatoms. The molecule has 0 radical (unpaired) electrons. The Balaban J connectivity index is 1.61. The van der Waals surface area contributed by atoms with E-state index in [4.69, 9.17) is 4.98 Å². The predicted molar refractivity (Wildman–Crippen MR) is 101 cm³/mol. The van der Waals surface area contributed by atoms with E-state index in [9.17, 15) is 4.79 Å². The lowest BCUT2D eigenvalue weighted by Gasteiger charge is -2.03. The number of aromatic nitrogens is 6. The van der Waals surface area contributed by atoms with Crippen LogP contribution in [0.25, 0.3) is 21.3 Å². The van der Waals surface area contributed by atoms with Crippen LogP contribution in [0.1, 0.15) is 10.6 Å². The molecule has 0 saturated carbocycles. The van der Waals surface area contributed by atoms with E-state index in [2.05, 4.69) is 20.3 Å². The van der Waals surface area contributed by atoms with Crippen LogP contribution < -0.4 is 5.56 Å². The third kappa shape index (κ3) is 2.31. The SMILES string of the molecule is Cn1c2nc(CC3=NCC=C3)sc2c2cnn(Cc3cn[nH]c3)c(=O)c21. The molecule has 0 aromatic carbocycles. The Labute approximate surface area is 151 Å². The molecule has 0 spiro atoms. The lowest BCUT2D eigenvalue weighted by Crippen LogP contribution is -2.24. The highest BCUT2D eigenvalue weighted by atomic mass is 32.1. The van der Waals surface area contributed by atoms with Crippen molar-refractivity contribution >= 4 is 38.3 Å². The summed E-state index contributed by atoms with van der Waals surface area (Å²) in [5.41, 5.74) is 3.28. The molecule has 26 heavy (non-hydrogen) atoms. The maximum absolute atomic E-state index is 12.9. The number of aryl methyl sites for hydroxylation is 1. The highest BCUT2D eigenvalue weighted by Crippen LogP contribution is 2.31. The summed E-state index contributed by atoms with van der Waals surface area (Å²) >= 11 is 1.60. The quantitative estimate of drug-likeness (QED) is 0.595. The molecule has 8 nitrogen and oxygen atoms in total. The minimum atomic E-state index is -0.124. The maximum Gasteiger partial charge on any atom is 0.291 e. The first-order valence-electron chi connectivity index (χ1n) is 8.22. The van der Waals surface area contributed by atoms with Crippen LogP contribution in [0.2, 0.25) is 0 Å². The van der Waals surface area contributed by atoms with E-state index in [-0.39, 0.29) is 5.56 Å². The van der Waals surface area contributed by atoms with Gasteiger partial charge in [0.2, 0.25) is 0 Å². The van der Waals surface area contributed by atoms with Gasteiger partial charge in [-0.3, -0.25) is 14.9 Å². The molecule has 1 N–H and O–H groups in total. The van der Waals surface area contributed by atoms with Gasteiger partial charge in [0.15, 0.2) is 5.65 Å². The number of fused-ring (bicyclic) bond motifs is 3. The van der Waals surface area contributed by atoms with Gasteiger partial charge >= 0.3 is 0 Å². The van der Waals surface area contributed by atoms with Crippen molar-refractivity contribution in [2.75, 3.05) is 6.54 Å². The van der Waals surface area contributed by atoms with Crippen LogP contribution in [0.15, 0.2) is 40.5 Å². The van der Waals surface area contributed by atoms with Crippen LogP contribution in [0, 0.1) is 0 Å². The van der Waals surface area contributed by atoms with Gasteiger partial charge in [0.25, 0.3) is 5.56 Å². The highest BCUT2D eigenvalue weighted by molar-refractivity contribution is 7.19. The zero-order valence-electron chi connectivity index (χ0n) is 14.0. The summed E-state index contributed by atoms with van der Waals surface area (Å²) in [6, 6.07) is 0. The van der Waals surface area contributed by atoms with Gasteiger partial charge in [0, 0.05) is 36.3 Å². The van der Waals surface area contributed by atoms with Crippen molar-refractivity contribution < 1.29 is 0 Å². The number of H-pyrrole nitrogens is 1. The predicted octanol–water partition coefficient (Wildman–Crippen LogP) is 1.67. The van der Waals surface area contributed by atoms with E-state index in [0.717, 1.165) is 45.0 Å². The van der Waals surface area contributed by atoms with Gasteiger partial charge in [-0.25, -0.2) is 9.67 Å². The molecule has 0 unspecified atom stereocenters. The second kappa shape index (κ2) is 5.73. The van der Waals surface area contributed by atoms with E-state index in [1.807, 2.05) is 23.8 Å². The van der Waals surface area contributed by atoms with Crippen molar-refractivity contribution in [3.63, 3.8) is 0 Å².